The maximum Gasteiger partial charge on any atom is 0.337 e. The number of carbonyl (C=O) groups is 1. The predicted octanol–water partition coefficient (Wildman–Crippen LogP) is 3.63. The Morgan fingerprint density at radius 2 is 1.95 bits per heavy atom. The molecule has 5 heteroatoms. The average molecular weight is 293 g/mol. The third-order valence-electron chi connectivity index (χ3n) is 2.71. The summed E-state index contributed by atoms with van der Waals surface area (Å²) in [6.07, 6.45) is 0. The summed E-state index contributed by atoms with van der Waals surface area (Å²) < 4.78 is 10.7. The minimum atomic E-state index is -1.05. The third-order valence-corrected chi connectivity index (χ3v) is 3.02. The van der Waals surface area contributed by atoms with Crippen molar-refractivity contribution in [3.8, 4) is 11.5 Å². The smallest absolute Gasteiger partial charge is 0.337 e. The van der Waals surface area contributed by atoms with Gasteiger partial charge in [0.15, 0.2) is 0 Å². The molecule has 0 atom stereocenters. The first-order valence-electron chi connectivity index (χ1n) is 5.88. The van der Waals surface area contributed by atoms with E-state index < -0.39 is 5.97 Å². The van der Waals surface area contributed by atoms with Crippen molar-refractivity contribution in [1.82, 2.24) is 0 Å². The van der Waals surface area contributed by atoms with Crippen molar-refractivity contribution >= 4 is 17.6 Å². The molecule has 0 aromatic heterocycles. The maximum atomic E-state index is 10.9. The second-order valence-corrected chi connectivity index (χ2v) is 4.49. The summed E-state index contributed by atoms with van der Waals surface area (Å²) in [5.41, 5.74) is 0.875. The first kappa shape index (κ1) is 14.2. The van der Waals surface area contributed by atoms with E-state index in [1.807, 2.05) is 18.2 Å². The number of hydrogen-bond acceptors (Lipinski definition) is 3. The molecular formula is C15H13ClO4. The van der Waals surface area contributed by atoms with Gasteiger partial charge in [-0.2, -0.15) is 0 Å². The van der Waals surface area contributed by atoms with Crippen molar-refractivity contribution in [3.63, 3.8) is 0 Å². The monoisotopic (exact) mass is 292 g/mol. The zero-order chi connectivity index (χ0) is 14.5. The Hall–Kier alpha value is -2.20. The molecule has 0 saturated heterocycles. The van der Waals surface area contributed by atoms with Crippen LogP contribution in [0.1, 0.15) is 15.9 Å². The number of aromatic carboxylic acids is 1. The van der Waals surface area contributed by atoms with Crippen LogP contribution in [0.15, 0.2) is 42.5 Å². The third kappa shape index (κ3) is 3.42. The lowest BCUT2D eigenvalue weighted by atomic mass is 10.1. The molecule has 0 aliphatic carbocycles. The first-order valence-corrected chi connectivity index (χ1v) is 6.26. The summed E-state index contributed by atoms with van der Waals surface area (Å²) in [7, 11) is 1.59. The van der Waals surface area contributed by atoms with Crippen LogP contribution < -0.4 is 9.47 Å². The average Bonchev–Trinajstić information content (AvgIpc) is 2.45. The molecule has 0 amide bonds. The molecule has 0 spiro atoms. The molecule has 0 aliphatic heterocycles. The Balaban J connectivity index is 2.07. The summed E-state index contributed by atoms with van der Waals surface area (Å²) in [5, 5.41) is 9.09. The fraction of sp³-hybridized carbons (Fsp3) is 0.133. The highest BCUT2D eigenvalue weighted by Gasteiger charge is 2.09. The normalized spacial score (nSPS) is 10.1. The van der Waals surface area contributed by atoms with Gasteiger partial charge in [-0.15, -0.1) is 0 Å². The lowest BCUT2D eigenvalue weighted by Gasteiger charge is -2.08. The van der Waals surface area contributed by atoms with Crippen LogP contribution >= 0.6 is 11.6 Å². The Labute approximate surface area is 121 Å². The minimum absolute atomic E-state index is 0.0804. The molecule has 0 aliphatic rings. The number of carboxylic acids is 1. The van der Waals surface area contributed by atoms with E-state index in [-0.39, 0.29) is 10.6 Å². The fourth-order valence-electron chi connectivity index (χ4n) is 1.68. The standard InChI is InChI=1S/C15H13ClO4/c1-19-11-3-2-4-12(8-11)20-9-10-5-6-13(15(17)18)14(16)7-10/h2-8H,9H2,1H3,(H,17,18). The first-order chi connectivity index (χ1) is 9.60. The van der Waals surface area contributed by atoms with Gasteiger partial charge in [-0.1, -0.05) is 23.7 Å². The van der Waals surface area contributed by atoms with Gasteiger partial charge in [0.1, 0.15) is 18.1 Å². The largest absolute Gasteiger partial charge is 0.497 e. The number of hydrogen-bond donors (Lipinski definition) is 1. The summed E-state index contributed by atoms with van der Waals surface area (Å²) in [6.45, 7) is 0.298. The van der Waals surface area contributed by atoms with Crippen molar-refractivity contribution in [1.29, 1.82) is 0 Å². The van der Waals surface area contributed by atoms with Gasteiger partial charge >= 0.3 is 5.97 Å². The number of halogens is 1. The number of benzene rings is 2. The predicted molar refractivity (Wildman–Crippen MR) is 75.7 cm³/mol. The van der Waals surface area contributed by atoms with Gasteiger partial charge in [0.25, 0.3) is 0 Å². The summed E-state index contributed by atoms with van der Waals surface area (Å²) >= 11 is 5.90. The number of methoxy groups -OCH3 is 1. The zero-order valence-corrected chi connectivity index (χ0v) is 11.6. The van der Waals surface area contributed by atoms with Crippen LogP contribution in [0.3, 0.4) is 0 Å². The topological polar surface area (TPSA) is 55.8 Å². The van der Waals surface area contributed by atoms with E-state index in [0.29, 0.717) is 18.1 Å². The lowest BCUT2D eigenvalue weighted by molar-refractivity contribution is 0.0697. The molecular weight excluding hydrogens is 280 g/mol. The molecule has 2 aromatic rings. The molecule has 2 aromatic carbocycles. The van der Waals surface area contributed by atoms with Crippen molar-refractivity contribution in [3.05, 3.63) is 58.6 Å². The van der Waals surface area contributed by atoms with E-state index in [9.17, 15) is 4.79 Å². The summed E-state index contributed by atoms with van der Waals surface area (Å²) in [5.74, 6) is 0.333. The van der Waals surface area contributed by atoms with Gasteiger partial charge in [-0.25, -0.2) is 4.79 Å². The molecule has 20 heavy (non-hydrogen) atoms. The quantitative estimate of drug-likeness (QED) is 0.914. The molecule has 2 rings (SSSR count). The summed E-state index contributed by atoms with van der Waals surface area (Å²) in [4.78, 5) is 10.9. The van der Waals surface area contributed by atoms with E-state index in [1.165, 1.54) is 6.07 Å². The molecule has 1 N–H and O–H groups in total. The fourth-order valence-corrected chi connectivity index (χ4v) is 1.96. The SMILES string of the molecule is COc1cccc(OCc2ccc(C(=O)O)c(Cl)c2)c1. The second kappa shape index (κ2) is 6.30. The Kier molecular flexibility index (Phi) is 4.48. The summed E-state index contributed by atoms with van der Waals surface area (Å²) in [6, 6.07) is 12.0. The number of ether oxygens (including phenoxy) is 2. The maximum absolute atomic E-state index is 10.9. The lowest BCUT2D eigenvalue weighted by Crippen LogP contribution is -2.00. The molecule has 104 valence electrons. The van der Waals surface area contributed by atoms with Crippen LogP contribution in [0.5, 0.6) is 11.5 Å². The van der Waals surface area contributed by atoms with Gasteiger partial charge in [-0.05, 0) is 29.8 Å². The van der Waals surface area contributed by atoms with Crippen LogP contribution in [0, 0.1) is 0 Å². The van der Waals surface area contributed by atoms with Crippen LogP contribution in [-0.2, 0) is 6.61 Å². The van der Waals surface area contributed by atoms with Crippen LogP contribution in [-0.4, -0.2) is 18.2 Å². The Bertz CT molecular complexity index is 625. The zero-order valence-electron chi connectivity index (χ0n) is 10.8. The van der Waals surface area contributed by atoms with E-state index >= 15 is 0 Å². The molecule has 4 nitrogen and oxygen atoms in total. The van der Waals surface area contributed by atoms with E-state index in [0.717, 1.165) is 5.56 Å². The highest BCUT2D eigenvalue weighted by molar-refractivity contribution is 6.33. The molecule has 0 unspecified atom stereocenters. The van der Waals surface area contributed by atoms with Crippen molar-refractivity contribution < 1.29 is 19.4 Å². The Morgan fingerprint density at radius 3 is 2.60 bits per heavy atom. The van der Waals surface area contributed by atoms with Crippen LogP contribution in [0.25, 0.3) is 0 Å². The van der Waals surface area contributed by atoms with Crippen LogP contribution in [0.2, 0.25) is 5.02 Å². The Morgan fingerprint density at radius 1 is 1.20 bits per heavy atom. The molecule has 0 fully saturated rings. The van der Waals surface area contributed by atoms with Gasteiger partial charge in [0.2, 0.25) is 0 Å². The highest BCUT2D eigenvalue weighted by atomic mass is 35.5. The van der Waals surface area contributed by atoms with Gasteiger partial charge in [0.05, 0.1) is 17.7 Å². The van der Waals surface area contributed by atoms with Crippen molar-refractivity contribution in [2.45, 2.75) is 6.61 Å². The molecule has 0 radical (unpaired) electrons. The second-order valence-electron chi connectivity index (χ2n) is 4.09. The molecule has 0 saturated carbocycles. The van der Waals surface area contributed by atoms with E-state index in [2.05, 4.69) is 0 Å². The van der Waals surface area contributed by atoms with Crippen LogP contribution in [0.4, 0.5) is 0 Å². The van der Waals surface area contributed by atoms with E-state index in [4.69, 9.17) is 26.2 Å². The van der Waals surface area contributed by atoms with Gasteiger partial charge < -0.3 is 14.6 Å². The molecule has 0 heterocycles. The number of rotatable bonds is 5. The van der Waals surface area contributed by atoms with E-state index in [1.54, 1.807) is 25.3 Å². The highest BCUT2D eigenvalue weighted by Crippen LogP contribution is 2.22. The minimum Gasteiger partial charge on any atom is -0.497 e. The van der Waals surface area contributed by atoms with Gasteiger partial charge in [-0.3, -0.25) is 0 Å². The molecule has 0 bridgehead atoms. The van der Waals surface area contributed by atoms with Gasteiger partial charge in [0, 0.05) is 6.07 Å². The van der Waals surface area contributed by atoms with Crippen molar-refractivity contribution in [2.24, 2.45) is 0 Å². The van der Waals surface area contributed by atoms with Crippen molar-refractivity contribution in [2.75, 3.05) is 7.11 Å². The number of carboxylic acid groups (broad SMARTS) is 1.